The zero-order valence-corrected chi connectivity index (χ0v) is 12.1. The van der Waals surface area contributed by atoms with Gasteiger partial charge in [-0.3, -0.25) is 0 Å². The van der Waals surface area contributed by atoms with E-state index in [1.54, 1.807) is 0 Å². The van der Waals surface area contributed by atoms with Crippen LogP contribution in [-0.2, 0) is 19.1 Å². The molecule has 0 unspecified atom stereocenters. The molecule has 0 bridgehead atoms. The largest absolute Gasteiger partial charge is 0.462 e. The summed E-state index contributed by atoms with van der Waals surface area (Å²) in [6.07, 6.45) is 8.38. The minimum Gasteiger partial charge on any atom is -0.462 e. The molecule has 0 radical (unpaired) electrons. The summed E-state index contributed by atoms with van der Waals surface area (Å²) in [4.78, 5) is 36.4. The molecule has 0 aliphatic heterocycles. The van der Waals surface area contributed by atoms with Gasteiger partial charge in [-0.05, 0) is 12.8 Å². The van der Waals surface area contributed by atoms with Crippen LogP contribution in [0.15, 0.2) is 22.6 Å². The average Bonchev–Trinajstić information content (AvgIpc) is 2.51. The molecule has 7 nitrogen and oxygen atoms in total. The molecule has 0 rings (SSSR count). The Morgan fingerprint density at radius 1 is 1.05 bits per heavy atom. The molecular formula is C14H22N2O5. The highest BCUT2D eigenvalue weighted by Gasteiger charge is 1.91. The fourth-order valence-corrected chi connectivity index (χ4v) is 1.12. The number of carbonyl (C=O) groups is 1. The van der Waals surface area contributed by atoms with E-state index in [-0.39, 0.29) is 13.2 Å². The van der Waals surface area contributed by atoms with Gasteiger partial charge in [-0.25, -0.2) is 24.4 Å². The van der Waals surface area contributed by atoms with Gasteiger partial charge in [0.15, 0.2) is 0 Å². The van der Waals surface area contributed by atoms with E-state index in [4.69, 9.17) is 5.11 Å². The highest BCUT2D eigenvalue weighted by molar-refractivity contribution is 5.81. The molecule has 0 aliphatic rings. The third kappa shape index (κ3) is 23.4. The van der Waals surface area contributed by atoms with E-state index in [0.717, 1.165) is 31.8 Å². The zero-order chi connectivity index (χ0) is 16.2. The summed E-state index contributed by atoms with van der Waals surface area (Å²) in [7, 11) is 0. The number of ether oxygens (including phenoxy) is 1. The molecule has 21 heavy (non-hydrogen) atoms. The molecule has 0 atom stereocenters. The maximum Gasteiger partial charge on any atom is 0.330 e. The summed E-state index contributed by atoms with van der Waals surface area (Å²) in [6, 6.07) is 0. The molecule has 0 heterocycles. The van der Waals surface area contributed by atoms with Gasteiger partial charge in [-0.1, -0.05) is 19.4 Å². The number of aliphatic imine (C=N–C) groups is 2. The van der Waals surface area contributed by atoms with Gasteiger partial charge in [0, 0.05) is 19.1 Å². The third-order valence-corrected chi connectivity index (χ3v) is 2.13. The first-order valence-corrected chi connectivity index (χ1v) is 6.70. The van der Waals surface area contributed by atoms with E-state index in [0.29, 0.717) is 19.5 Å². The van der Waals surface area contributed by atoms with Crippen LogP contribution in [0.4, 0.5) is 0 Å². The van der Waals surface area contributed by atoms with Crippen molar-refractivity contribution in [1.29, 1.82) is 0 Å². The monoisotopic (exact) mass is 298 g/mol. The lowest BCUT2D eigenvalue weighted by Crippen LogP contribution is -2.02. The molecule has 0 fully saturated rings. The first-order chi connectivity index (χ1) is 10.2. The minimum atomic E-state index is -0.441. The van der Waals surface area contributed by atoms with Crippen LogP contribution in [0.5, 0.6) is 0 Å². The number of aliphatic hydroxyl groups is 1. The van der Waals surface area contributed by atoms with Crippen LogP contribution in [0.25, 0.3) is 0 Å². The number of esters is 1. The van der Waals surface area contributed by atoms with Gasteiger partial charge in [-0.15, -0.1) is 0 Å². The number of carbonyl (C=O) groups excluding carboxylic acids is 3. The van der Waals surface area contributed by atoms with Crippen molar-refractivity contribution in [2.75, 3.05) is 26.3 Å². The lowest BCUT2D eigenvalue weighted by Gasteiger charge is -1.96. The predicted molar refractivity (Wildman–Crippen MR) is 77.3 cm³/mol. The number of isocyanates is 2. The van der Waals surface area contributed by atoms with E-state index >= 15 is 0 Å². The molecule has 0 saturated heterocycles. The van der Waals surface area contributed by atoms with Crippen LogP contribution in [0, 0.1) is 0 Å². The van der Waals surface area contributed by atoms with Crippen molar-refractivity contribution >= 4 is 18.1 Å². The van der Waals surface area contributed by atoms with E-state index < -0.39 is 5.97 Å². The molecule has 0 aromatic rings. The Bertz CT molecular complexity index is 336. The van der Waals surface area contributed by atoms with Gasteiger partial charge >= 0.3 is 5.97 Å². The normalized spacial score (nSPS) is 8.43. The van der Waals surface area contributed by atoms with Crippen LogP contribution >= 0.6 is 0 Å². The van der Waals surface area contributed by atoms with Crippen molar-refractivity contribution in [1.82, 2.24) is 0 Å². The van der Waals surface area contributed by atoms with Crippen molar-refractivity contribution in [2.45, 2.75) is 32.1 Å². The van der Waals surface area contributed by atoms with E-state index in [2.05, 4.69) is 21.3 Å². The average molecular weight is 298 g/mol. The Morgan fingerprint density at radius 2 is 1.57 bits per heavy atom. The molecule has 0 saturated carbocycles. The predicted octanol–water partition coefficient (Wildman–Crippen LogP) is 1.32. The molecule has 0 amide bonds. The number of hydrogen-bond donors (Lipinski definition) is 1. The SMILES string of the molecule is C=CC(=O)OCCCO.O=C=NCCCCCCN=C=O. The fraction of sp³-hybridized carbons (Fsp3) is 0.643. The van der Waals surface area contributed by atoms with Gasteiger partial charge in [0.2, 0.25) is 12.2 Å². The van der Waals surface area contributed by atoms with Gasteiger partial charge in [0.05, 0.1) is 19.7 Å². The topological polar surface area (TPSA) is 105 Å². The number of rotatable bonds is 11. The number of nitrogens with zero attached hydrogens (tertiary/aromatic N) is 2. The van der Waals surface area contributed by atoms with Gasteiger partial charge in [0.1, 0.15) is 0 Å². The standard InChI is InChI=1S/C8H12N2O2.C6H10O3/c11-7-9-5-3-1-2-4-6-10-8-12;1-2-6(8)9-5-3-4-7/h1-6H2;2,7H,1,3-5H2. The van der Waals surface area contributed by atoms with Crippen molar-refractivity contribution < 1.29 is 24.2 Å². The highest BCUT2D eigenvalue weighted by atomic mass is 16.5. The summed E-state index contributed by atoms with van der Waals surface area (Å²) in [5.74, 6) is -0.441. The van der Waals surface area contributed by atoms with Crippen molar-refractivity contribution in [2.24, 2.45) is 9.98 Å². The fourth-order valence-electron chi connectivity index (χ4n) is 1.12. The molecule has 0 aromatic carbocycles. The first kappa shape index (κ1) is 21.2. The molecular weight excluding hydrogens is 276 g/mol. The molecule has 1 N–H and O–H groups in total. The van der Waals surface area contributed by atoms with E-state index in [1.165, 1.54) is 12.2 Å². The third-order valence-electron chi connectivity index (χ3n) is 2.13. The van der Waals surface area contributed by atoms with Crippen LogP contribution in [-0.4, -0.2) is 49.5 Å². The Labute approximate surface area is 124 Å². The number of aliphatic hydroxyl groups excluding tert-OH is 1. The van der Waals surface area contributed by atoms with Crippen LogP contribution < -0.4 is 0 Å². The Morgan fingerprint density at radius 3 is 1.95 bits per heavy atom. The van der Waals surface area contributed by atoms with Crippen molar-refractivity contribution in [3.8, 4) is 0 Å². The summed E-state index contributed by atoms with van der Waals surface area (Å²) < 4.78 is 4.51. The van der Waals surface area contributed by atoms with Gasteiger partial charge in [-0.2, -0.15) is 0 Å². The summed E-state index contributed by atoms with van der Waals surface area (Å²) in [5.41, 5.74) is 0. The minimum absolute atomic E-state index is 0.0461. The second kappa shape index (κ2) is 20.3. The molecule has 0 spiro atoms. The smallest absolute Gasteiger partial charge is 0.330 e. The van der Waals surface area contributed by atoms with Crippen LogP contribution in [0.3, 0.4) is 0 Å². The molecule has 7 heteroatoms. The zero-order valence-electron chi connectivity index (χ0n) is 12.1. The Balaban J connectivity index is 0. The quantitative estimate of drug-likeness (QED) is 0.203. The summed E-state index contributed by atoms with van der Waals surface area (Å²) in [5, 5.41) is 8.23. The van der Waals surface area contributed by atoms with Gasteiger partial charge in [0.25, 0.3) is 0 Å². The van der Waals surface area contributed by atoms with E-state index in [9.17, 15) is 14.4 Å². The molecule has 0 aromatic heterocycles. The lowest BCUT2D eigenvalue weighted by atomic mass is 10.2. The number of hydrogen-bond acceptors (Lipinski definition) is 7. The van der Waals surface area contributed by atoms with Crippen molar-refractivity contribution in [3.63, 3.8) is 0 Å². The van der Waals surface area contributed by atoms with Crippen LogP contribution in [0.2, 0.25) is 0 Å². The summed E-state index contributed by atoms with van der Waals surface area (Å²) >= 11 is 0. The summed E-state index contributed by atoms with van der Waals surface area (Å²) in [6.45, 7) is 4.63. The Hall–Kier alpha value is -2.07. The van der Waals surface area contributed by atoms with Gasteiger partial charge < -0.3 is 9.84 Å². The van der Waals surface area contributed by atoms with Crippen molar-refractivity contribution in [3.05, 3.63) is 12.7 Å². The number of unbranched alkanes of at least 4 members (excludes halogenated alkanes) is 3. The Kier molecular flexibility index (Phi) is 20.5. The van der Waals surface area contributed by atoms with E-state index in [1.807, 2.05) is 0 Å². The highest BCUT2D eigenvalue weighted by Crippen LogP contribution is 1.99. The second-order valence-corrected chi connectivity index (χ2v) is 3.81. The maximum atomic E-state index is 10.3. The molecule has 118 valence electrons. The first-order valence-electron chi connectivity index (χ1n) is 6.70. The maximum absolute atomic E-state index is 10.3. The van der Waals surface area contributed by atoms with Crippen LogP contribution in [0.1, 0.15) is 32.1 Å². The second-order valence-electron chi connectivity index (χ2n) is 3.81. The lowest BCUT2D eigenvalue weighted by molar-refractivity contribution is -0.137. The molecule has 0 aliphatic carbocycles.